The highest BCUT2D eigenvalue weighted by molar-refractivity contribution is 5.65. The predicted octanol–water partition coefficient (Wildman–Crippen LogP) is 3.62. The summed E-state index contributed by atoms with van der Waals surface area (Å²) in [6.07, 6.45) is -6.99. The van der Waals surface area contributed by atoms with E-state index in [1.807, 2.05) is 0 Å². The maximum atomic E-state index is 12.7. The van der Waals surface area contributed by atoms with Crippen molar-refractivity contribution < 1.29 is 26.3 Å². The average molecular weight is 322 g/mol. The summed E-state index contributed by atoms with van der Waals surface area (Å²) in [4.78, 5) is 9.86. The molecule has 22 heavy (non-hydrogen) atoms. The van der Waals surface area contributed by atoms with Gasteiger partial charge in [-0.05, 0) is 6.07 Å². The third-order valence-corrected chi connectivity index (χ3v) is 2.68. The first kappa shape index (κ1) is 16.0. The van der Waals surface area contributed by atoms with E-state index in [1.54, 1.807) is 0 Å². The fourth-order valence-electron chi connectivity index (χ4n) is 1.65. The largest absolute Gasteiger partial charge is 0.451 e. The number of pyridine rings is 1. The molecule has 0 radical (unpaired) electrons. The summed E-state index contributed by atoms with van der Waals surface area (Å²) in [7, 11) is 1.29. The van der Waals surface area contributed by atoms with Crippen molar-refractivity contribution >= 4 is 5.69 Å². The third kappa shape index (κ3) is 3.26. The zero-order valence-electron chi connectivity index (χ0n) is 10.9. The molecule has 0 aromatic carbocycles. The van der Waals surface area contributed by atoms with Gasteiger partial charge in [0.25, 0.3) is 0 Å². The van der Waals surface area contributed by atoms with Crippen LogP contribution in [0.1, 0.15) is 11.4 Å². The molecule has 0 aliphatic carbocycles. The maximum Gasteiger partial charge on any atom is 0.451 e. The van der Waals surface area contributed by atoms with E-state index in [0.717, 1.165) is 18.5 Å². The van der Waals surface area contributed by atoms with E-state index in [9.17, 15) is 26.3 Å². The molecule has 2 rings (SSSR count). The molecule has 0 saturated heterocycles. The standard InChI is InChI=1S/C12H8F6N4/c1-19-9-2-8(20-5-7(9)11(13,14)15)6-3-21-10(22-4-6)12(16,17)18/h2-5H,1H3,(H,19,20). The fraction of sp³-hybridized carbons (Fsp3) is 0.250. The first-order valence-corrected chi connectivity index (χ1v) is 5.77. The SMILES string of the molecule is CNc1cc(-c2cnc(C(F)(F)F)nc2)ncc1C(F)(F)F. The van der Waals surface area contributed by atoms with Crippen molar-refractivity contribution in [2.45, 2.75) is 12.4 Å². The molecule has 0 saturated carbocycles. The van der Waals surface area contributed by atoms with Crippen LogP contribution in [0.25, 0.3) is 11.3 Å². The van der Waals surface area contributed by atoms with Crippen molar-refractivity contribution in [3.63, 3.8) is 0 Å². The Morgan fingerprint density at radius 1 is 0.864 bits per heavy atom. The summed E-state index contributed by atoms with van der Waals surface area (Å²) in [6, 6.07) is 1.06. The van der Waals surface area contributed by atoms with Crippen LogP contribution in [0.2, 0.25) is 0 Å². The summed E-state index contributed by atoms with van der Waals surface area (Å²) >= 11 is 0. The highest BCUT2D eigenvalue weighted by Crippen LogP contribution is 2.35. The van der Waals surface area contributed by atoms with Gasteiger partial charge in [0.2, 0.25) is 5.82 Å². The Labute approximate surface area is 120 Å². The highest BCUT2D eigenvalue weighted by atomic mass is 19.4. The number of aromatic nitrogens is 3. The van der Waals surface area contributed by atoms with Gasteiger partial charge < -0.3 is 5.32 Å². The molecule has 0 amide bonds. The summed E-state index contributed by atoms with van der Waals surface area (Å²) in [5.41, 5.74) is -1.15. The lowest BCUT2D eigenvalue weighted by Gasteiger charge is -2.13. The van der Waals surface area contributed by atoms with Crippen LogP contribution in [-0.2, 0) is 12.4 Å². The van der Waals surface area contributed by atoms with Gasteiger partial charge >= 0.3 is 12.4 Å². The van der Waals surface area contributed by atoms with Crippen LogP contribution in [0, 0.1) is 0 Å². The normalized spacial score (nSPS) is 12.3. The molecule has 2 aromatic heterocycles. The molecule has 2 aromatic rings. The van der Waals surface area contributed by atoms with E-state index in [-0.39, 0.29) is 16.9 Å². The van der Waals surface area contributed by atoms with Gasteiger partial charge in [0, 0.05) is 36.9 Å². The van der Waals surface area contributed by atoms with Crippen molar-refractivity contribution in [3.8, 4) is 11.3 Å². The van der Waals surface area contributed by atoms with Gasteiger partial charge in [-0.25, -0.2) is 9.97 Å². The number of nitrogens with zero attached hydrogens (tertiary/aromatic N) is 3. The molecule has 10 heteroatoms. The second kappa shape index (κ2) is 5.43. The minimum absolute atomic E-state index is 0.0195. The van der Waals surface area contributed by atoms with Gasteiger partial charge in [-0.3, -0.25) is 4.98 Å². The summed E-state index contributed by atoms with van der Waals surface area (Å²) in [5, 5.41) is 2.37. The van der Waals surface area contributed by atoms with Crippen LogP contribution in [0.15, 0.2) is 24.7 Å². The number of halogens is 6. The molecule has 0 aliphatic heterocycles. The summed E-state index contributed by atoms with van der Waals surface area (Å²) in [5.74, 6) is -1.34. The molecular formula is C12H8F6N4. The van der Waals surface area contributed by atoms with Gasteiger partial charge in [0.1, 0.15) is 0 Å². The van der Waals surface area contributed by atoms with Crippen molar-refractivity contribution in [1.82, 2.24) is 15.0 Å². The minimum Gasteiger partial charge on any atom is -0.388 e. The van der Waals surface area contributed by atoms with Gasteiger partial charge in [0.05, 0.1) is 11.3 Å². The molecule has 0 unspecified atom stereocenters. The Morgan fingerprint density at radius 3 is 1.91 bits per heavy atom. The van der Waals surface area contributed by atoms with Crippen LogP contribution in [0.4, 0.5) is 32.0 Å². The predicted molar refractivity (Wildman–Crippen MR) is 64.8 cm³/mol. The second-order valence-electron chi connectivity index (χ2n) is 4.16. The highest BCUT2D eigenvalue weighted by Gasteiger charge is 2.35. The third-order valence-electron chi connectivity index (χ3n) is 2.68. The fourth-order valence-corrected chi connectivity index (χ4v) is 1.65. The van der Waals surface area contributed by atoms with E-state index in [0.29, 0.717) is 6.20 Å². The van der Waals surface area contributed by atoms with Crippen molar-refractivity contribution in [1.29, 1.82) is 0 Å². The molecule has 0 aliphatic rings. The molecule has 2 heterocycles. The second-order valence-corrected chi connectivity index (χ2v) is 4.16. The van der Waals surface area contributed by atoms with Gasteiger partial charge in [0.15, 0.2) is 0 Å². The molecule has 1 N–H and O–H groups in total. The van der Waals surface area contributed by atoms with Crippen LogP contribution < -0.4 is 5.32 Å². The quantitative estimate of drug-likeness (QED) is 0.858. The number of hydrogen-bond donors (Lipinski definition) is 1. The van der Waals surface area contributed by atoms with E-state index < -0.39 is 23.7 Å². The average Bonchev–Trinajstić information content (AvgIpc) is 2.45. The van der Waals surface area contributed by atoms with Crippen molar-refractivity contribution in [2.24, 2.45) is 0 Å². The molecule has 0 fully saturated rings. The van der Waals surface area contributed by atoms with E-state index in [2.05, 4.69) is 20.3 Å². The lowest BCUT2D eigenvalue weighted by atomic mass is 10.1. The molecule has 0 atom stereocenters. The van der Waals surface area contributed by atoms with Crippen LogP contribution >= 0.6 is 0 Å². The Bertz CT molecular complexity index is 663. The van der Waals surface area contributed by atoms with E-state index in [1.165, 1.54) is 7.05 Å². The molecular weight excluding hydrogens is 314 g/mol. The van der Waals surface area contributed by atoms with Crippen LogP contribution in [0.5, 0.6) is 0 Å². The zero-order valence-corrected chi connectivity index (χ0v) is 10.9. The minimum atomic E-state index is -4.69. The molecule has 0 bridgehead atoms. The number of alkyl halides is 6. The lowest BCUT2D eigenvalue weighted by Crippen LogP contribution is -2.11. The maximum absolute atomic E-state index is 12.7. The lowest BCUT2D eigenvalue weighted by molar-refractivity contribution is -0.145. The van der Waals surface area contributed by atoms with Gasteiger partial charge in [-0.15, -0.1) is 0 Å². The number of hydrogen-bond acceptors (Lipinski definition) is 4. The molecule has 0 spiro atoms. The number of anilines is 1. The Hall–Kier alpha value is -2.39. The van der Waals surface area contributed by atoms with Gasteiger partial charge in [-0.2, -0.15) is 26.3 Å². The van der Waals surface area contributed by atoms with E-state index >= 15 is 0 Å². The Kier molecular flexibility index (Phi) is 3.94. The van der Waals surface area contributed by atoms with Gasteiger partial charge in [-0.1, -0.05) is 0 Å². The Morgan fingerprint density at radius 2 is 1.45 bits per heavy atom. The number of rotatable bonds is 2. The van der Waals surface area contributed by atoms with Crippen LogP contribution in [0.3, 0.4) is 0 Å². The Balaban J connectivity index is 2.42. The smallest absolute Gasteiger partial charge is 0.388 e. The first-order chi connectivity index (χ1) is 10.1. The summed E-state index contributed by atoms with van der Waals surface area (Å²) < 4.78 is 75.2. The number of nitrogens with one attached hydrogen (secondary N) is 1. The topological polar surface area (TPSA) is 50.7 Å². The molecule has 118 valence electrons. The van der Waals surface area contributed by atoms with Crippen LogP contribution in [-0.4, -0.2) is 22.0 Å². The molecule has 4 nitrogen and oxygen atoms in total. The first-order valence-electron chi connectivity index (χ1n) is 5.77. The monoisotopic (exact) mass is 322 g/mol. The van der Waals surface area contributed by atoms with Crippen molar-refractivity contribution in [3.05, 3.63) is 36.0 Å². The zero-order chi connectivity index (χ0) is 16.5. The van der Waals surface area contributed by atoms with E-state index in [4.69, 9.17) is 0 Å². The summed E-state index contributed by atoms with van der Waals surface area (Å²) in [6.45, 7) is 0. The van der Waals surface area contributed by atoms with Crippen molar-refractivity contribution in [2.75, 3.05) is 12.4 Å².